The van der Waals surface area contributed by atoms with Gasteiger partial charge >= 0.3 is 0 Å². The first-order valence-corrected chi connectivity index (χ1v) is 8.62. The topological polar surface area (TPSA) is 79.2 Å². The molecule has 3 N–H and O–H groups in total. The van der Waals surface area contributed by atoms with E-state index in [4.69, 9.17) is 5.14 Å². The Morgan fingerprint density at radius 1 is 1.45 bits per heavy atom. The quantitative estimate of drug-likeness (QED) is 0.912. The molecule has 116 valence electrons. The first-order chi connectivity index (χ1) is 10.4. The number of aromatic amines is 1. The Hall–Kier alpha value is -2.05. The van der Waals surface area contributed by atoms with Crippen molar-refractivity contribution in [1.82, 2.24) is 9.88 Å². The fourth-order valence-corrected chi connectivity index (χ4v) is 3.27. The van der Waals surface area contributed by atoms with Crippen LogP contribution in [0.3, 0.4) is 0 Å². The van der Waals surface area contributed by atoms with Gasteiger partial charge in [-0.25, -0.2) is 13.6 Å². The lowest BCUT2D eigenvalue weighted by Gasteiger charge is -2.24. The molecule has 1 aliphatic heterocycles. The number of aromatic nitrogens is 1. The zero-order valence-electron chi connectivity index (χ0n) is 12.4. The van der Waals surface area contributed by atoms with Crippen molar-refractivity contribution in [2.75, 3.05) is 13.6 Å². The number of hydrogen-bond donors (Lipinski definition) is 2. The Bertz CT molecular complexity index is 865. The predicted octanol–water partition coefficient (Wildman–Crippen LogP) is 2.36. The fraction of sp³-hybridized carbons (Fsp3) is 0.250. The summed E-state index contributed by atoms with van der Waals surface area (Å²) in [6.45, 7) is 4.59. The second-order valence-electron chi connectivity index (χ2n) is 5.69. The van der Waals surface area contributed by atoms with Crippen LogP contribution in [0.25, 0.3) is 15.8 Å². The van der Waals surface area contributed by atoms with Crippen LogP contribution in [0.1, 0.15) is 23.5 Å². The number of sulfonamides is 1. The van der Waals surface area contributed by atoms with Crippen molar-refractivity contribution in [3.05, 3.63) is 54.4 Å². The first-order valence-electron chi connectivity index (χ1n) is 7.08. The fourth-order valence-electron chi connectivity index (χ4n) is 2.81. The molecule has 0 fully saturated rings. The van der Waals surface area contributed by atoms with Gasteiger partial charge in [-0.05, 0) is 35.9 Å². The molecule has 0 aliphatic carbocycles. The normalized spacial score (nSPS) is 18.8. The number of nitrogens with two attached hydrogens (primary N) is 1. The van der Waals surface area contributed by atoms with Gasteiger partial charge in [-0.2, -0.15) is 0 Å². The predicted molar refractivity (Wildman–Crippen MR) is 89.6 cm³/mol. The van der Waals surface area contributed by atoms with E-state index in [0.717, 1.165) is 23.9 Å². The molecule has 0 saturated carbocycles. The van der Waals surface area contributed by atoms with Crippen molar-refractivity contribution in [1.29, 1.82) is 0 Å². The van der Waals surface area contributed by atoms with E-state index in [2.05, 4.69) is 35.8 Å². The molecule has 0 saturated heterocycles. The Labute approximate surface area is 130 Å². The molecule has 1 unspecified atom stereocenters. The molecule has 1 atom stereocenters. The number of allylic oxidation sites excluding steroid dienone is 1. The first kappa shape index (κ1) is 14.9. The van der Waals surface area contributed by atoms with Gasteiger partial charge in [-0.15, -0.1) is 0 Å². The number of rotatable bonds is 3. The van der Waals surface area contributed by atoms with Crippen LogP contribution in [0.15, 0.2) is 43.3 Å². The van der Waals surface area contributed by atoms with Crippen LogP contribution in [0.2, 0.25) is 0 Å². The summed E-state index contributed by atoms with van der Waals surface area (Å²) < 4.78 is 23.0. The standard InChI is InChI=1S/C16H19N3O2S/c1-11(22(17,20)21)13-3-4-16-14(9-13)15(10-18-16)12-5-7-19(2)8-6-12/h3-5,7,9-10,12,18H,1,6,8H2,2H3,(H2,17,20,21). The van der Waals surface area contributed by atoms with E-state index in [1.165, 1.54) is 5.56 Å². The van der Waals surface area contributed by atoms with Gasteiger partial charge in [0.05, 0.1) is 4.91 Å². The third-order valence-electron chi connectivity index (χ3n) is 4.14. The number of primary sulfonamides is 1. The smallest absolute Gasteiger partial charge is 0.238 e. The second-order valence-corrected chi connectivity index (χ2v) is 7.27. The summed E-state index contributed by atoms with van der Waals surface area (Å²) in [6, 6.07) is 5.43. The summed E-state index contributed by atoms with van der Waals surface area (Å²) in [5, 5.41) is 6.19. The summed E-state index contributed by atoms with van der Waals surface area (Å²) in [7, 11) is -1.73. The summed E-state index contributed by atoms with van der Waals surface area (Å²) in [4.78, 5) is 5.34. The minimum Gasteiger partial charge on any atom is -0.381 e. The van der Waals surface area contributed by atoms with Crippen LogP contribution in [-0.2, 0) is 10.0 Å². The van der Waals surface area contributed by atoms with Gasteiger partial charge in [0, 0.05) is 36.6 Å². The molecule has 1 aliphatic rings. The Morgan fingerprint density at radius 3 is 2.86 bits per heavy atom. The monoisotopic (exact) mass is 317 g/mol. The third-order valence-corrected chi connectivity index (χ3v) is 5.07. The average molecular weight is 317 g/mol. The van der Waals surface area contributed by atoms with Crippen molar-refractivity contribution >= 4 is 25.8 Å². The van der Waals surface area contributed by atoms with Crippen LogP contribution in [0, 0.1) is 0 Å². The molecule has 22 heavy (non-hydrogen) atoms. The highest BCUT2D eigenvalue weighted by Crippen LogP contribution is 2.32. The minimum atomic E-state index is -3.78. The molecule has 2 aromatic rings. The number of benzene rings is 1. The van der Waals surface area contributed by atoms with E-state index in [-0.39, 0.29) is 4.91 Å². The van der Waals surface area contributed by atoms with E-state index < -0.39 is 10.0 Å². The number of fused-ring (bicyclic) bond motifs is 1. The molecule has 0 radical (unpaired) electrons. The number of hydrogen-bond acceptors (Lipinski definition) is 3. The Morgan fingerprint density at radius 2 is 2.23 bits per heavy atom. The highest BCUT2D eigenvalue weighted by atomic mass is 32.2. The lowest BCUT2D eigenvalue weighted by atomic mass is 9.93. The lowest BCUT2D eigenvalue weighted by Crippen LogP contribution is -2.19. The highest BCUT2D eigenvalue weighted by molar-refractivity contribution is 7.98. The Kier molecular flexibility index (Phi) is 3.58. The summed E-state index contributed by atoms with van der Waals surface area (Å²) in [5.74, 6) is 0.322. The Balaban J connectivity index is 2.06. The maximum Gasteiger partial charge on any atom is 0.238 e. The molecular weight excluding hydrogens is 298 g/mol. The van der Waals surface area contributed by atoms with Crippen LogP contribution in [-0.4, -0.2) is 31.9 Å². The average Bonchev–Trinajstić information content (AvgIpc) is 2.89. The molecule has 1 aromatic carbocycles. The van der Waals surface area contributed by atoms with Crippen molar-refractivity contribution in [3.63, 3.8) is 0 Å². The lowest BCUT2D eigenvalue weighted by molar-refractivity contribution is 0.409. The van der Waals surface area contributed by atoms with Crippen molar-refractivity contribution in [2.45, 2.75) is 12.3 Å². The number of nitrogens with one attached hydrogen (secondary N) is 1. The number of nitrogens with zero attached hydrogens (tertiary/aromatic N) is 1. The van der Waals surface area contributed by atoms with Crippen molar-refractivity contribution in [2.24, 2.45) is 5.14 Å². The van der Waals surface area contributed by atoms with E-state index in [1.54, 1.807) is 6.07 Å². The van der Waals surface area contributed by atoms with Crippen molar-refractivity contribution in [3.8, 4) is 0 Å². The van der Waals surface area contributed by atoms with Gasteiger partial charge in [0.15, 0.2) is 0 Å². The molecular formula is C16H19N3O2S. The zero-order chi connectivity index (χ0) is 15.9. The van der Waals surface area contributed by atoms with Crippen LogP contribution in [0.5, 0.6) is 0 Å². The van der Waals surface area contributed by atoms with E-state index in [1.807, 2.05) is 18.3 Å². The molecule has 2 heterocycles. The van der Waals surface area contributed by atoms with Crippen LogP contribution in [0.4, 0.5) is 0 Å². The van der Waals surface area contributed by atoms with E-state index in [9.17, 15) is 8.42 Å². The summed E-state index contributed by atoms with van der Waals surface area (Å²) in [5.41, 5.74) is 2.68. The molecule has 0 amide bonds. The SMILES string of the molecule is C=C(c1ccc2[nH]cc(C3C=CN(C)CC3)c2c1)S(N)(=O)=O. The van der Waals surface area contributed by atoms with Gasteiger partial charge in [0.2, 0.25) is 10.0 Å². The van der Waals surface area contributed by atoms with Gasteiger partial charge in [-0.1, -0.05) is 18.7 Å². The van der Waals surface area contributed by atoms with Crippen molar-refractivity contribution < 1.29 is 8.42 Å². The van der Waals surface area contributed by atoms with E-state index >= 15 is 0 Å². The molecule has 0 bridgehead atoms. The van der Waals surface area contributed by atoms with E-state index in [0.29, 0.717) is 11.5 Å². The third kappa shape index (κ3) is 2.67. The minimum absolute atomic E-state index is 0.0551. The number of H-pyrrole nitrogens is 1. The highest BCUT2D eigenvalue weighted by Gasteiger charge is 2.18. The molecule has 1 aromatic heterocycles. The summed E-state index contributed by atoms with van der Waals surface area (Å²) >= 11 is 0. The maximum absolute atomic E-state index is 11.5. The van der Waals surface area contributed by atoms with Gasteiger partial charge < -0.3 is 9.88 Å². The molecule has 5 nitrogen and oxygen atoms in total. The molecule has 0 spiro atoms. The summed E-state index contributed by atoms with van der Waals surface area (Å²) in [6.07, 6.45) is 7.28. The van der Waals surface area contributed by atoms with Gasteiger partial charge in [0.25, 0.3) is 0 Å². The van der Waals surface area contributed by atoms with Gasteiger partial charge in [0.1, 0.15) is 0 Å². The van der Waals surface area contributed by atoms with Crippen LogP contribution >= 0.6 is 0 Å². The maximum atomic E-state index is 11.5. The molecule has 3 rings (SSSR count). The largest absolute Gasteiger partial charge is 0.381 e. The van der Waals surface area contributed by atoms with Crippen LogP contribution < -0.4 is 5.14 Å². The second kappa shape index (κ2) is 5.30. The van der Waals surface area contributed by atoms with Gasteiger partial charge in [-0.3, -0.25) is 0 Å². The molecule has 6 heteroatoms. The zero-order valence-corrected chi connectivity index (χ0v) is 13.2.